The van der Waals surface area contributed by atoms with Gasteiger partial charge in [-0.3, -0.25) is 4.79 Å². The maximum absolute atomic E-state index is 11.8. The van der Waals surface area contributed by atoms with Gasteiger partial charge in [0.2, 0.25) is 5.91 Å². The van der Waals surface area contributed by atoms with Crippen LogP contribution >= 0.6 is 0 Å². The zero-order chi connectivity index (χ0) is 14.3. The molecular weight excluding hydrogens is 246 g/mol. The van der Waals surface area contributed by atoms with Gasteiger partial charge in [-0.25, -0.2) is 4.79 Å². The monoisotopic (exact) mass is 265 g/mol. The second kappa shape index (κ2) is 7.53. The average Bonchev–Trinajstić information content (AvgIpc) is 2.42. The standard InChI is InChI=1S/C14H19NO4/c1-15(9-10-19-2)13(16)8-7-11-5-3-4-6-12(11)14(17)18/h3-6H,7-10H2,1-2H3,(H,17,18). The van der Waals surface area contributed by atoms with Gasteiger partial charge in [0.05, 0.1) is 12.2 Å². The molecule has 5 nitrogen and oxygen atoms in total. The number of carboxylic acid groups (broad SMARTS) is 1. The third-order valence-electron chi connectivity index (χ3n) is 2.91. The zero-order valence-electron chi connectivity index (χ0n) is 11.3. The summed E-state index contributed by atoms with van der Waals surface area (Å²) in [6.45, 7) is 1.03. The van der Waals surface area contributed by atoms with Crippen molar-refractivity contribution in [1.82, 2.24) is 4.90 Å². The van der Waals surface area contributed by atoms with Crippen LogP contribution in [0.2, 0.25) is 0 Å². The molecule has 0 aliphatic heterocycles. The van der Waals surface area contributed by atoms with Crippen LogP contribution in [0.1, 0.15) is 22.3 Å². The quantitative estimate of drug-likeness (QED) is 0.809. The number of ether oxygens (including phenoxy) is 1. The number of nitrogens with zero attached hydrogens (tertiary/aromatic N) is 1. The Balaban J connectivity index is 2.57. The number of aromatic carboxylic acids is 1. The molecule has 0 fully saturated rings. The Bertz CT molecular complexity index is 445. The second-order valence-electron chi connectivity index (χ2n) is 4.27. The summed E-state index contributed by atoms with van der Waals surface area (Å²) in [6.07, 6.45) is 0.725. The van der Waals surface area contributed by atoms with E-state index in [2.05, 4.69) is 0 Å². The third kappa shape index (κ3) is 4.71. The maximum Gasteiger partial charge on any atom is 0.335 e. The minimum atomic E-state index is -0.962. The van der Waals surface area contributed by atoms with Crippen LogP contribution in [0.3, 0.4) is 0 Å². The van der Waals surface area contributed by atoms with Crippen LogP contribution in [0.4, 0.5) is 0 Å². The molecule has 0 spiro atoms. The first-order valence-electron chi connectivity index (χ1n) is 6.10. The van der Waals surface area contributed by atoms with Gasteiger partial charge in [0.15, 0.2) is 0 Å². The van der Waals surface area contributed by atoms with Crippen LogP contribution in [0.5, 0.6) is 0 Å². The summed E-state index contributed by atoms with van der Waals surface area (Å²) in [5.41, 5.74) is 0.943. The Kier molecular flexibility index (Phi) is 6.02. The van der Waals surface area contributed by atoms with Crippen molar-refractivity contribution >= 4 is 11.9 Å². The molecule has 1 aromatic rings. The minimum absolute atomic E-state index is 0.0164. The molecule has 0 heterocycles. The van der Waals surface area contributed by atoms with Gasteiger partial charge in [-0.15, -0.1) is 0 Å². The van der Waals surface area contributed by atoms with E-state index in [1.807, 2.05) is 0 Å². The van der Waals surface area contributed by atoms with Crippen LogP contribution in [0.25, 0.3) is 0 Å². The van der Waals surface area contributed by atoms with Crippen molar-refractivity contribution in [2.45, 2.75) is 12.8 Å². The smallest absolute Gasteiger partial charge is 0.335 e. The van der Waals surface area contributed by atoms with Gasteiger partial charge in [0.25, 0.3) is 0 Å². The molecule has 0 atom stereocenters. The van der Waals surface area contributed by atoms with E-state index in [0.29, 0.717) is 31.6 Å². The highest BCUT2D eigenvalue weighted by atomic mass is 16.5. The van der Waals surface area contributed by atoms with E-state index in [1.54, 1.807) is 43.3 Å². The van der Waals surface area contributed by atoms with E-state index in [-0.39, 0.29) is 11.5 Å². The predicted molar refractivity (Wildman–Crippen MR) is 71.2 cm³/mol. The topological polar surface area (TPSA) is 66.8 Å². The summed E-state index contributed by atoms with van der Waals surface area (Å²) in [5.74, 6) is -0.979. The summed E-state index contributed by atoms with van der Waals surface area (Å²) < 4.78 is 4.90. The Hall–Kier alpha value is -1.88. The highest BCUT2D eigenvalue weighted by Gasteiger charge is 2.12. The van der Waals surface area contributed by atoms with E-state index < -0.39 is 5.97 Å². The van der Waals surface area contributed by atoms with Gasteiger partial charge in [-0.2, -0.15) is 0 Å². The van der Waals surface area contributed by atoms with Crippen LogP contribution in [-0.4, -0.2) is 49.2 Å². The zero-order valence-corrected chi connectivity index (χ0v) is 11.3. The molecule has 19 heavy (non-hydrogen) atoms. The number of likely N-dealkylation sites (N-methyl/N-ethyl adjacent to an activating group) is 1. The summed E-state index contributed by atoms with van der Waals surface area (Å²) in [4.78, 5) is 24.4. The minimum Gasteiger partial charge on any atom is -0.478 e. The van der Waals surface area contributed by atoms with Crippen LogP contribution in [0.15, 0.2) is 24.3 Å². The van der Waals surface area contributed by atoms with Gasteiger partial charge in [0, 0.05) is 27.1 Å². The first kappa shape index (κ1) is 15.2. The molecule has 0 aliphatic rings. The van der Waals surface area contributed by atoms with Crippen LogP contribution in [-0.2, 0) is 16.0 Å². The Morgan fingerprint density at radius 1 is 1.32 bits per heavy atom. The number of rotatable bonds is 7. The predicted octanol–water partition coefficient (Wildman–Crippen LogP) is 1.42. The summed E-state index contributed by atoms with van der Waals surface area (Å²) in [7, 11) is 3.30. The number of carboxylic acids is 1. The van der Waals surface area contributed by atoms with E-state index in [9.17, 15) is 9.59 Å². The molecular formula is C14H19NO4. The summed E-state index contributed by atoms with van der Waals surface area (Å²) in [6, 6.07) is 6.75. The highest BCUT2D eigenvalue weighted by Crippen LogP contribution is 2.11. The number of carbonyl (C=O) groups is 2. The largest absolute Gasteiger partial charge is 0.478 e. The van der Waals surface area contributed by atoms with Gasteiger partial charge in [-0.1, -0.05) is 18.2 Å². The number of benzene rings is 1. The molecule has 0 saturated carbocycles. The van der Waals surface area contributed by atoms with Crippen molar-refractivity contribution in [3.8, 4) is 0 Å². The maximum atomic E-state index is 11.8. The van der Waals surface area contributed by atoms with E-state index in [0.717, 1.165) is 0 Å². The second-order valence-corrected chi connectivity index (χ2v) is 4.27. The highest BCUT2D eigenvalue weighted by molar-refractivity contribution is 5.89. The number of hydrogen-bond donors (Lipinski definition) is 1. The Labute approximate surface area is 112 Å². The molecule has 0 saturated heterocycles. The lowest BCUT2D eigenvalue weighted by atomic mass is 10.0. The molecule has 0 unspecified atom stereocenters. The summed E-state index contributed by atoms with van der Waals surface area (Å²) >= 11 is 0. The normalized spacial score (nSPS) is 10.2. The molecule has 0 aliphatic carbocycles. The van der Waals surface area contributed by atoms with Crippen molar-refractivity contribution in [2.75, 3.05) is 27.3 Å². The number of amides is 1. The van der Waals surface area contributed by atoms with E-state index in [4.69, 9.17) is 9.84 Å². The molecule has 1 rings (SSSR count). The lowest BCUT2D eigenvalue weighted by Gasteiger charge is -2.16. The lowest BCUT2D eigenvalue weighted by Crippen LogP contribution is -2.30. The average molecular weight is 265 g/mol. The lowest BCUT2D eigenvalue weighted by molar-refractivity contribution is -0.130. The van der Waals surface area contributed by atoms with E-state index >= 15 is 0 Å². The van der Waals surface area contributed by atoms with Gasteiger partial charge >= 0.3 is 5.97 Å². The van der Waals surface area contributed by atoms with Crippen molar-refractivity contribution in [3.05, 3.63) is 35.4 Å². The first-order chi connectivity index (χ1) is 9.06. The summed E-state index contributed by atoms with van der Waals surface area (Å²) in [5, 5.41) is 9.04. The van der Waals surface area contributed by atoms with Gasteiger partial charge < -0.3 is 14.7 Å². The molecule has 0 aromatic heterocycles. The Morgan fingerprint density at radius 3 is 2.63 bits per heavy atom. The van der Waals surface area contributed by atoms with Crippen LogP contribution in [0, 0.1) is 0 Å². The molecule has 5 heteroatoms. The molecule has 1 aromatic carbocycles. The molecule has 104 valence electrons. The van der Waals surface area contributed by atoms with Crippen molar-refractivity contribution < 1.29 is 19.4 Å². The Morgan fingerprint density at radius 2 is 2.00 bits per heavy atom. The third-order valence-corrected chi connectivity index (χ3v) is 2.91. The number of methoxy groups -OCH3 is 1. The van der Waals surface area contributed by atoms with Gasteiger partial charge in [-0.05, 0) is 18.1 Å². The SMILES string of the molecule is COCCN(C)C(=O)CCc1ccccc1C(=O)O. The molecule has 1 N–H and O–H groups in total. The number of aryl methyl sites for hydroxylation is 1. The molecule has 0 radical (unpaired) electrons. The van der Waals surface area contributed by atoms with Crippen LogP contribution < -0.4 is 0 Å². The van der Waals surface area contributed by atoms with Crippen molar-refractivity contribution in [1.29, 1.82) is 0 Å². The fourth-order valence-electron chi connectivity index (χ4n) is 1.73. The number of carbonyl (C=O) groups excluding carboxylic acids is 1. The first-order valence-corrected chi connectivity index (χ1v) is 6.10. The van der Waals surface area contributed by atoms with Gasteiger partial charge in [0.1, 0.15) is 0 Å². The van der Waals surface area contributed by atoms with E-state index in [1.165, 1.54) is 0 Å². The fraction of sp³-hybridized carbons (Fsp3) is 0.429. The van der Waals surface area contributed by atoms with Crippen molar-refractivity contribution in [3.63, 3.8) is 0 Å². The fourth-order valence-corrected chi connectivity index (χ4v) is 1.73. The molecule has 1 amide bonds. The number of hydrogen-bond acceptors (Lipinski definition) is 3. The molecule has 0 bridgehead atoms. The van der Waals surface area contributed by atoms with Crippen molar-refractivity contribution in [2.24, 2.45) is 0 Å².